The van der Waals surface area contributed by atoms with E-state index in [1.54, 1.807) is 24.3 Å². The number of rotatable bonds is 5. The molecular weight excluding hydrogens is 226 g/mol. The minimum atomic E-state index is -0.134. The van der Waals surface area contributed by atoms with E-state index in [1.807, 2.05) is 6.07 Å². The molecule has 0 fully saturated rings. The summed E-state index contributed by atoms with van der Waals surface area (Å²) in [5.41, 5.74) is 0.833. The second-order valence-corrected chi connectivity index (χ2v) is 3.55. The minimum absolute atomic E-state index is 0.134. The molecule has 1 amide bonds. The molecule has 16 heavy (non-hydrogen) atoms. The van der Waals surface area contributed by atoms with E-state index in [4.69, 9.17) is 16.9 Å². The fourth-order valence-electron chi connectivity index (χ4n) is 1.07. The Hall–Kier alpha value is -1.73. The van der Waals surface area contributed by atoms with E-state index in [0.29, 0.717) is 18.0 Å². The van der Waals surface area contributed by atoms with Crippen molar-refractivity contribution in [1.29, 1.82) is 5.26 Å². The standard InChI is InChI=1S/C11H12ClN3O/c12-9-2-4-10(5-3-9)15-8-11(16)14-7-1-6-13/h2-5,15H,1,7-8H2,(H,14,16). The van der Waals surface area contributed by atoms with Gasteiger partial charge in [0.1, 0.15) is 0 Å². The number of anilines is 1. The van der Waals surface area contributed by atoms with Gasteiger partial charge in [0, 0.05) is 17.3 Å². The summed E-state index contributed by atoms with van der Waals surface area (Å²) >= 11 is 5.72. The van der Waals surface area contributed by atoms with Crippen LogP contribution in [0.2, 0.25) is 5.02 Å². The summed E-state index contributed by atoms with van der Waals surface area (Å²) in [4.78, 5) is 11.2. The summed E-state index contributed by atoms with van der Waals surface area (Å²) in [7, 11) is 0. The van der Waals surface area contributed by atoms with Crippen molar-refractivity contribution >= 4 is 23.2 Å². The van der Waals surface area contributed by atoms with Crippen LogP contribution in [0.1, 0.15) is 6.42 Å². The molecule has 0 spiro atoms. The topological polar surface area (TPSA) is 64.9 Å². The Morgan fingerprint density at radius 2 is 2.06 bits per heavy atom. The van der Waals surface area contributed by atoms with Crippen LogP contribution in [0.4, 0.5) is 5.69 Å². The summed E-state index contributed by atoms with van der Waals surface area (Å²) in [6.07, 6.45) is 0.326. The highest BCUT2D eigenvalue weighted by molar-refractivity contribution is 6.30. The zero-order valence-electron chi connectivity index (χ0n) is 8.66. The van der Waals surface area contributed by atoms with Crippen LogP contribution in [0, 0.1) is 11.3 Å². The summed E-state index contributed by atoms with van der Waals surface area (Å²) < 4.78 is 0. The third-order valence-corrected chi connectivity index (χ3v) is 2.11. The molecule has 0 aliphatic rings. The van der Waals surface area contributed by atoms with Gasteiger partial charge in [0.05, 0.1) is 19.0 Å². The third-order valence-electron chi connectivity index (χ3n) is 1.86. The molecule has 5 heteroatoms. The molecule has 0 saturated carbocycles. The number of amides is 1. The van der Waals surface area contributed by atoms with E-state index in [2.05, 4.69) is 10.6 Å². The average Bonchev–Trinajstić information content (AvgIpc) is 2.29. The molecule has 0 heterocycles. The quantitative estimate of drug-likeness (QED) is 0.768. The first-order valence-electron chi connectivity index (χ1n) is 4.85. The Morgan fingerprint density at radius 1 is 1.38 bits per heavy atom. The SMILES string of the molecule is N#CCCNC(=O)CNc1ccc(Cl)cc1. The van der Waals surface area contributed by atoms with E-state index >= 15 is 0 Å². The molecule has 0 bridgehead atoms. The molecule has 1 aromatic rings. The van der Waals surface area contributed by atoms with Crippen molar-refractivity contribution in [2.75, 3.05) is 18.4 Å². The number of nitriles is 1. The molecule has 0 aliphatic carbocycles. The van der Waals surface area contributed by atoms with Gasteiger partial charge >= 0.3 is 0 Å². The fourth-order valence-corrected chi connectivity index (χ4v) is 1.20. The molecule has 0 atom stereocenters. The molecule has 0 saturated heterocycles. The highest BCUT2D eigenvalue weighted by Gasteiger charge is 1.99. The van der Waals surface area contributed by atoms with E-state index in [-0.39, 0.29) is 12.5 Å². The lowest BCUT2D eigenvalue weighted by Crippen LogP contribution is -2.30. The average molecular weight is 238 g/mol. The maximum Gasteiger partial charge on any atom is 0.239 e. The molecule has 2 N–H and O–H groups in total. The minimum Gasteiger partial charge on any atom is -0.376 e. The first kappa shape index (κ1) is 12.3. The zero-order valence-corrected chi connectivity index (χ0v) is 9.42. The van der Waals surface area contributed by atoms with Crippen LogP contribution >= 0.6 is 11.6 Å². The predicted octanol–water partition coefficient (Wildman–Crippen LogP) is 1.78. The molecule has 4 nitrogen and oxygen atoms in total. The monoisotopic (exact) mass is 237 g/mol. The number of nitrogens with zero attached hydrogens (tertiary/aromatic N) is 1. The van der Waals surface area contributed by atoms with Gasteiger partial charge in [-0.05, 0) is 24.3 Å². The highest BCUT2D eigenvalue weighted by Crippen LogP contribution is 2.12. The van der Waals surface area contributed by atoms with Crippen molar-refractivity contribution in [3.8, 4) is 6.07 Å². The Balaban J connectivity index is 2.26. The van der Waals surface area contributed by atoms with Gasteiger partial charge in [-0.15, -0.1) is 0 Å². The number of halogens is 1. The van der Waals surface area contributed by atoms with Crippen molar-refractivity contribution in [3.05, 3.63) is 29.3 Å². The van der Waals surface area contributed by atoms with Crippen LogP contribution in [0.3, 0.4) is 0 Å². The lowest BCUT2D eigenvalue weighted by molar-refractivity contribution is -0.119. The Kier molecular flexibility index (Phi) is 5.17. The third kappa shape index (κ3) is 4.67. The number of hydrogen-bond acceptors (Lipinski definition) is 3. The van der Waals surface area contributed by atoms with Gasteiger partial charge < -0.3 is 10.6 Å². The number of carbonyl (C=O) groups excluding carboxylic acids is 1. The lowest BCUT2D eigenvalue weighted by atomic mass is 10.3. The van der Waals surface area contributed by atoms with Crippen LogP contribution in [-0.2, 0) is 4.79 Å². The highest BCUT2D eigenvalue weighted by atomic mass is 35.5. The van der Waals surface area contributed by atoms with E-state index in [0.717, 1.165) is 5.69 Å². The second-order valence-electron chi connectivity index (χ2n) is 3.12. The van der Waals surface area contributed by atoms with E-state index in [9.17, 15) is 4.79 Å². The molecular formula is C11H12ClN3O. The number of hydrogen-bond donors (Lipinski definition) is 2. The van der Waals surface area contributed by atoms with Crippen molar-refractivity contribution in [1.82, 2.24) is 5.32 Å². The van der Waals surface area contributed by atoms with Crippen molar-refractivity contribution in [3.63, 3.8) is 0 Å². The molecule has 0 radical (unpaired) electrons. The summed E-state index contributed by atoms with van der Waals surface area (Å²) in [5, 5.41) is 14.5. The first-order valence-corrected chi connectivity index (χ1v) is 5.23. The van der Waals surface area contributed by atoms with Crippen molar-refractivity contribution in [2.45, 2.75) is 6.42 Å². The number of benzene rings is 1. The lowest BCUT2D eigenvalue weighted by Gasteiger charge is -2.06. The smallest absolute Gasteiger partial charge is 0.239 e. The molecule has 1 aromatic carbocycles. The Labute approximate surface area is 99.2 Å². The molecule has 0 aliphatic heterocycles. The van der Waals surface area contributed by atoms with Crippen LogP contribution in [0.5, 0.6) is 0 Å². The van der Waals surface area contributed by atoms with Gasteiger partial charge in [-0.25, -0.2) is 0 Å². The van der Waals surface area contributed by atoms with Gasteiger partial charge in [0.15, 0.2) is 0 Å². The molecule has 84 valence electrons. The van der Waals surface area contributed by atoms with E-state index < -0.39 is 0 Å². The first-order chi connectivity index (χ1) is 7.72. The summed E-state index contributed by atoms with van der Waals surface area (Å²) in [6.45, 7) is 0.574. The van der Waals surface area contributed by atoms with Gasteiger partial charge in [0.25, 0.3) is 0 Å². The van der Waals surface area contributed by atoms with Gasteiger partial charge in [-0.3, -0.25) is 4.79 Å². The van der Waals surface area contributed by atoms with Crippen LogP contribution in [-0.4, -0.2) is 19.0 Å². The second kappa shape index (κ2) is 6.70. The molecule has 0 aromatic heterocycles. The number of nitrogens with one attached hydrogen (secondary N) is 2. The van der Waals surface area contributed by atoms with E-state index in [1.165, 1.54) is 0 Å². The molecule has 1 rings (SSSR count). The summed E-state index contributed by atoms with van der Waals surface area (Å²) in [5.74, 6) is -0.134. The van der Waals surface area contributed by atoms with Crippen LogP contribution < -0.4 is 10.6 Å². The largest absolute Gasteiger partial charge is 0.376 e. The van der Waals surface area contributed by atoms with Gasteiger partial charge in [-0.2, -0.15) is 5.26 Å². The Morgan fingerprint density at radius 3 is 2.69 bits per heavy atom. The summed E-state index contributed by atoms with van der Waals surface area (Å²) in [6, 6.07) is 9.04. The van der Waals surface area contributed by atoms with Gasteiger partial charge in [0.2, 0.25) is 5.91 Å². The normalized spacial score (nSPS) is 9.25. The van der Waals surface area contributed by atoms with Gasteiger partial charge in [-0.1, -0.05) is 11.6 Å². The van der Waals surface area contributed by atoms with Crippen molar-refractivity contribution in [2.24, 2.45) is 0 Å². The van der Waals surface area contributed by atoms with Crippen LogP contribution in [0.15, 0.2) is 24.3 Å². The van der Waals surface area contributed by atoms with Crippen molar-refractivity contribution < 1.29 is 4.79 Å². The predicted molar refractivity (Wildman–Crippen MR) is 63.2 cm³/mol. The fraction of sp³-hybridized carbons (Fsp3) is 0.273. The Bertz CT molecular complexity index is 383. The molecule has 0 unspecified atom stereocenters. The zero-order chi connectivity index (χ0) is 11.8. The maximum absolute atomic E-state index is 11.2. The maximum atomic E-state index is 11.2. The van der Waals surface area contributed by atoms with Crippen LogP contribution in [0.25, 0.3) is 0 Å². The number of carbonyl (C=O) groups is 1.